The zero-order valence-electron chi connectivity index (χ0n) is 8.94. The van der Waals surface area contributed by atoms with Crippen molar-refractivity contribution in [1.29, 1.82) is 0 Å². The maximum Gasteiger partial charge on any atom is 0.397 e. The Morgan fingerprint density at radius 2 is 2.19 bits per heavy atom. The van der Waals surface area contributed by atoms with E-state index < -0.39 is 11.9 Å². The zero-order chi connectivity index (χ0) is 12.1. The number of pyridine rings is 1. The molecule has 6 heteroatoms. The fraction of sp³-hybridized carbons (Fsp3) is 0.300. The van der Waals surface area contributed by atoms with Crippen LogP contribution in [0.5, 0.6) is 0 Å². The maximum absolute atomic E-state index is 11.5. The van der Waals surface area contributed by atoms with Gasteiger partial charge in [0, 0.05) is 13.2 Å². The van der Waals surface area contributed by atoms with Crippen LogP contribution in [0.4, 0.5) is 5.82 Å². The lowest BCUT2D eigenvalue weighted by molar-refractivity contribution is -0.153. The number of hydrogen-bond donors (Lipinski definition) is 0. The lowest BCUT2D eigenvalue weighted by Gasteiger charge is -2.14. The van der Waals surface area contributed by atoms with E-state index in [1.807, 2.05) is 0 Å². The van der Waals surface area contributed by atoms with Crippen LogP contribution in [-0.2, 0) is 14.3 Å². The highest BCUT2D eigenvalue weighted by Gasteiger charge is 2.21. The Morgan fingerprint density at radius 3 is 2.69 bits per heavy atom. The summed E-state index contributed by atoms with van der Waals surface area (Å²) in [6.45, 7) is 1.79. The fourth-order valence-electron chi connectivity index (χ4n) is 1.00. The van der Waals surface area contributed by atoms with Crippen molar-refractivity contribution in [3.05, 3.63) is 23.4 Å². The molecule has 0 radical (unpaired) electrons. The molecule has 0 aliphatic heterocycles. The average molecular weight is 243 g/mol. The van der Waals surface area contributed by atoms with Crippen LogP contribution in [0.25, 0.3) is 0 Å². The third kappa shape index (κ3) is 2.93. The van der Waals surface area contributed by atoms with Crippen LogP contribution >= 0.6 is 11.6 Å². The predicted molar refractivity (Wildman–Crippen MR) is 59.3 cm³/mol. The Morgan fingerprint density at radius 1 is 1.50 bits per heavy atom. The number of likely N-dealkylation sites (N-methyl/N-ethyl adjacent to an activating group) is 1. The van der Waals surface area contributed by atoms with E-state index in [-0.39, 0.29) is 6.61 Å². The van der Waals surface area contributed by atoms with Gasteiger partial charge in [-0.1, -0.05) is 11.6 Å². The van der Waals surface area contributed by atoms with Crippen molar-refractivity contribution in [3.8, 4) is 0 Å². The number of amides is 1. The first kappa shape index (κ1) is 12.4. The second-order valence-electron chi connectivity index (χ2n) is 2.92. The Hall–Kier alpha value is -1.62. The number of carbonyl (C=O) groups is 2. The van der Waals surface area contributed by atoms with Crippen LogP contribution in [0.1, 0.15) is 6.92 Å². The molecule has 0 saturated heterocycles. The molecule has 5 nitrogen and oxygen atoms in total. The van der Waals surface area contributed by atoms with Crippen molar-refractivity contribution in [2.45, 2.75) is 6.92 Å². The summed E-state index contributed by atoms with van der Waals surface area (Å²) in [4.78, 5) is 27.7. The quantitative estimate of drug-likeness (QED) is 0.579. The van der Waals surface area contributed by atoms with E-state index in [1.54, 1.807) is 19.1 Å². The molecule has 0 bridgehead atoms. The maximum atomic E-state index is 11.5. The number of hydrogen-bond acceptors (Lipinski definition) is 4. The molecule has 0 aromatic carbocycles. The van der Waals surface area contributed by atoms with Gasteiger partial charge in [-0.3, -0.25) is 9.69 Å². The summed E-state index contributed by atoms with van der Waals surface area (Å²) in [7, 11) is 1.44. The standard InChI is InChI=1S/C10H11ClN2O3/c1-3-16-10(15)9(14)13(2)8-5-4-7(11)6-12-8/h4-6H,3H2,1-2H3. The highest BCUT2D eigenvalue weighted by atomic mass is 35.5. The van der Waals surface area contributed by atoms with Crippen molar-refractivity contribution < 1.29 is 14.3 Å². The third-order valence-electron chi connectivity index (χ3n) is 1.81. The molecule has 16 heavy (non-hydrogen) atoms. The highest BCUT2D eigenvalue weighted by Crippen LogP contribution is 2.13. The highest BCUT2D eigenvalue weighted by molar-refractivity contribution is 6.37. The minimum Gasteiger partial charge on any atom is -0.459 e. The van der Waals surface area contributed by atoms with E-state index in [4.69, 9.17) is 11.6 Å². The Bertz CT molecular complexity index is 392. The molecular weight excluding hydrogens is 232 g/mol. The SMILES string of the molecule is CCOC(=O)C(=O)N(C)c1ccc(Cl)cn1. The molecule has 0 aliphatic carbocycles. The monoisotopic (exact) mass is 242 g/mol. The molecule has 1 amide bonds. The van der Waals surface area contributed by atoms with Gasteiger partial charge in [-0.15, -0.1) is 0 Å². The fourth-order valence-corrected chi connectivity index (χ4v) is 1.11. The zero-order valence-corrected chi connectivity index (χ0v) is 9.69. The van der Waals surface area contributed by atoms with Crippen LogP contribution in [0.3, 0.4) is 0 Å². The lowest BCUT2D eigenvalue weighted by atomic mass is 10.4. The van der Waals surface area contributed by atoms with E-state index in [2.05, 4.69) is 9.72 Å². The van der Waals surface area contributed by atoms with Gasteiger partial charge in [-0.05, 0) is 19.1 Å². The molecule has 0 aliphatic rings. The van der Waals surface area contributed by atoms with E-state index in [9.17, 15) is 9.59 Å². The Labute approximate surface area is 98.0 Å². The number of anilines is 1. The molecule has 0 atom stereocenters. The minimum atomic E-state index is -0.901. The van der Waals surface area contributed by atoms with Crippen molar-refractivity contribution in [2.75, 3.05) is 18.6 Å². The van der Waals surface area contributed by atoms with Gasteiger partial charge in [0.1, 0.15) is 5.82 Å². The summed E-state index contributed by atoms with van der Waals surface area (Å²) in [5, 5.41) is 0.459. The van der Waals surface area contributed by atoms with Gasteiger partial charge < -0.3 is 4.74 Å². The normalized spacial score (nSPS) is 9.69. The molecule has 0 spiro atoms. The van der Waals surface area contributed by atoms with Gasteiger partial charge in [0.15, 0.2) is 0 Å². The summed E-state index contributed by atoms with van der Waals surface area (Å²) in [6.07, 6.45) is 1.39. The number of rotatable bonds is 2. The first-order valence-electron chi connectivity index (χ1n) is 4.62. The molecule has 0 unspecified atom stereocenters. The lowest BCUT2D eigenvalue weighted by Crippen LogP contribution is -2.35. The molecule has 1 rings (SSSR count). The minimum absolute atomic E-state index is 0.159. The van der Waals surface area contributed by atoms with Crippen molar-refractivity contribution in [3.63, 3.8) is 0 Å². The summed E-state index contributed by atoms with van der Waals surface area (Å²) in [5.74, 6) is -1.33. The van der Waals surface area contributed by atoms with Crippen molar-refractivity contribution in [1.82, 2.24) is 4.98 Å². The van der Waals surface area contributed by atoms with Crippen LogP contribution in [0.15, 0.2) is 18.3 Å². The number of nitrogens with zero attached hydrogens (tertiary/aromatic N) is 2. The third-order valence-corrected chi connectivity index (χ3v) is 2.03. The average Bonchev–Trinajstić information content (AvgIpc) is 2.28. The van der Waals surface area contributed by atoms with E-state index >= 15 is 0 Å². The molecule has 0 fully saturated rings. The summed E-state index contributed by atoms with van der Waals surface area (Å²) in [6, 6.07) is 3.12. The van der Waals surface area contributed by atoms with Crippen molar-refractivity contribution >= 4 is 29.3 Å². The number of ether oxygens (including phenoxy) is 1. The number of halogens is 1. The molecule has 1 aromatic rings. The van der Waals surface area contributed by atoms with Crippen LogP contribution in [0, 0.1) is 0 Å². The van der Waals surface area contributed by atoms with E-state index in [0.29, 0.717) is 10.8 Å². The second kappa shape index (κ2) is 5.46. The number of aromatic nitrogens is 1. The Kier molecular flexibility index (Phi) is 4.25. The van der Waals surface area contributed by atoms with E-state index in [1.165, 1.54) is 13.2 Å². The largest absolute Gasteiger partial charge is 0.459 e. The smallest absolute Gasteiger partial charge is 0.397 e. The molecule has 0 saturated carbocycles. The van der Waals surface area contributed by atoms with Gasteiger partial charge in [0.25, 0.3) is 0 Å². The summed E-state index contributed by atoms with van der Waals surface area (Å²) >= 11 is 5.65. The predicted octanol–water partition coefficient (Wildman–Crippen LogP) is 1.26. The van der Waals surface area contributed by atoms with Crippen LogP contribution in [-0.4, -0.2) is 30.5 Å². The van der Waals surface area contributed by atoms with E-state index in [0.717, 1.165) is 4.90 Å². The molecule has 0 N–H and O–H groups in total. The first-order chi connectivity index (χ1) is 7.56. The number of esters is 1. The molecule has 1 aromatic heterocycles. The van der Waals surface area contributed by atoms with Crippen molar-refractivity contribution in [2.24, 2.45) is 0 Å². The van der Waals surface area contributed by atoms with Gasteiger partial charge in [-0.25, -0.2) is 9.78 Å². The first-order valence-corrected chi connectivity index (χ1v) is 5.00. The summed E-state index contributed by atoms with van der Waals surface area (Å²) < 4.78 is 4.59. The van der Waals surface area contributed by atoms with Gasteiger partial charge in [0.05, 0.1) is 11.6 Å². The van der Waals surface area contributed by atoms with Gasteiger partial charge >= 0.3 is 11.9 Å². The van der Waals surface area contributed by atoms with Crippen LogP contribution in [0.2, 0.25) is 5.02 Å². The Balaban J connectivity index is 2.77. The summed E-state index contributed by atoms with van der Waals surface area (Å²) in [5.41, 5.74) is 0. The van der Waals surface area contributed by atoms with Crippen LogP contribution < -0.4 is 4.90 Å². The topological polar surface area (TPSA) is 59.5 Å². The molecule has 1 heterocycles. The van der Waals surface area contributed by atoms with Gasteiger partial charge in [-0.2, -0.15) is 0 Å². The molecule has 86 valence electrons. The second-order valence-corrected chi connectivity index (χ2v) is 3.36. The molecular formula is C10H11ClN2O3. The van der Waals surface area contributed by atoms with Gasteiger partial charge in [0.2, 0.25) is 0 Å². The number of carbonyl (C=O) groups excluding carboxylic acids is 2.